The Bertz CT molecular complexity index is 394. The zero-order valence-electron chi connectivity index (χ0n) is 11.3. The van der Waals surface area contributed by atoms with Crippen LogP contribution in [-0.2, 0) is 4.74 Å². The van der Waals surface area contributed by atoms with E-state index in [0.717, 1.165) is 18.7 Å². The van der Waals surface area contributed by atoms with Gasteiger partial charge in [-0.05, 0) is 25.5 Å². The first-order valence-corrected chi connectivity index (χ1v) is 6.16. The number of hydrogen-bond donors (Lipinski definition) is 2. The molecule has 0 aromatic carbocycles. The Morgan fingerprint density at radius 3 is 2.89 bits per heavy atom. The van der Waals surface area contributed by atoms with Crippen LogP contribution in [0.5, 0.6) is 0 Å². The molecule has 1 aromatic rings. The maximum Gasteiger partial charge on any atom is 0.141 e. The Labute approximate surface area is 108 Å². The predicted molar refractivity (Wildman–Crippen MR) is 74.2 cm³/mol. The van der Waals surface area contributed by atoms with Gasteiger partial charge in [0.15, 0.2) is 0 Å². The van der Waals surface area contributed by atoms with Crippen molar-refractivity contribution in [3.8, 4) is 0 Å². The van der Waals surface area contributed by atoms with Gasteiger partial charge in [0.2, 0.25) is 0 Å². The molecule has 0 amide bonds. The average Bonchev–Trinajstić information content (AvgIpc) is 2.39. The number of nitrogens with two attached hydrogens (primary N) is 1. The summed E-state index contributed by atoms with van der Waals surface area (Å²) < 4.78 is 5.14. The number of nitrogens with zero attached hydrogens (tertiary/aromatic N) is 2. The fourth-order valence-corrected chi connectivity index (χ4v) is 1.76. The monoisotopic (exact) mass is 250 g/mol. The van der Waals surface area contributed by atoms with E-state index in [2.05, 4.69) is 23.7 Å². The lowest BCUT2D eigenvalue weighted by molar-refractivity contribution is 0.203. The van der Waals surface area contributed by atoms with Crippen molar-refractivity contribution in [1.82, 2.24) is 4.98 Å². The smallest absolute Gasteiger partial charge is 0.141 e. The number of anilines is 1. The fraction of sp³-hybridized carbons (Fsp3) is 0.538. The summed E-state index contributed by atoms with van der Waals surface area (Å²) in [5, 5.41) is 7.44. The average molecular weight is 250 g/mol. The largest absolute Gasteiger partial charge is 0.383 e. The maximum atomic E-state index is 7.44. The minimum Gasteiger partial charge on any atom is -0.383 e. The molecular formula is C13H22N4O. The highest BCUT2D eigenvalue weighted by Crippen LogP contribution is 2.18. The third-order valence-electron chi connectivity index (χ3n) is 3.01. The Kier molecular flexibility index (Phi) is 5.58. The molecule has 0 aliphatic rings. The SMILES string of the molecule is CCC(C)N(CCOC)c1ccnc(C(=N)N)c1. The molecule has 0 aliphatic heterocycles. The quantitative estimate of drug-likeness (QED) is 0.569. The fourth-order valence-electron chi connectivity index (χ4n) is 1.76. The van der Waals surface area contributed by atoms with Gasteiger partial charge >= 0.3 is 0 Å². The molecule has 18 heavy (non-hydrogen) atoms. The van der Waals surface area contributed by atoms with E-state index >= 15 is 0 Å². The Morgan fingerprint density at radius 2 is 2.33 bits per heavy atom. The van der Waals surface area contributed by atoms with Gasteiger partial charge in [0, 0.05) is 31.6 Å². The minimum atomic E-state index is -0.00677. The van der Waals surface area contributed by atoms with E-state index in [0.29, 0.717) is 18.3 Å². The molecule has 1 aromatic heterocycles. The van der Waals surface area contributed by atoms with Crippen molar-refractivity contribution >= 4 is 11.5 Å². The number of pyridine rings is 1. The molecule has 0 fully saturated rings. The topological polar surface area (TPSA) is 75.2 Å². The molecule has 0 spiro atoms. The van der Waals surface area contributed by atoms with Gasteiger partial charge < -0.3 is 15.4 Å². The van der Waals surface area contributed by atoms with Crippen molar-refractivity contribution in [2.75, 3.05) is 25.2 Å². The van der Waals surface area contributed by atoms with Gasteiger partial charge in [-0.1, -0.05) is 6.92 Å². The first-order chi connectivity index (χ1) is 8.60. The van der Waals surface area contributed by atoms with Crippen molar-refractivity contribution in [3.63, 3.8) is 0 Å². The van der Waals surface area contributed by atoms with Crippen molar-refractivity contribution in [3.05, 3.63) is 24.0 Å². The van der Waals surface area contributed by atoms with Gasteiger partial charge in [-0.2, -0.15) is 0 Å². The highest BCUT2D eigenvalue weighted by atomic mass is 16.5. The summed E-state index contributed by atoms with van der Waals surface area (Å²) in [6.07, 6.45) is 2.73. The number of ether oxygens (including phenoxy) is 1. The molecule has 0 bridgehead atoms. The molecule has 0 radical (unpaired) electrons. The standard InChI is InChI=1S/C13H22N4O/c1-4-10(2)17(7-8-18-3)11-5-6-16-12(9-11)13(14)15/h5-6,9-10H,4,7-8H2,1-3H3,(H3,14,15). The van der Waals surface area contributed by atoms with Crippen LogP contribution in [0.15, 0.2) is 18.3 Å². The second kappa shape index (κ2) is 6.96. The Hall–Kier alpha value is -1.62. The van der Waals surface area contributed by atoms with Crippen LogP contribution in [0.2, 0.25) is 0 Å². The van der Waals surface area contributed by atoms with Gasteiger partial charge in [0.1, 0.15) is 11.5 Å². The van der Waals surface area contributed by atoms with E-state index in [4.69, 9.17) is 15.9 Å². The second-order valence-electron chi connectivity index (χ2n) is 4.26. The molecule has 0 saturated carbocycles. The van der Waals surface area contributed by atoms with Crippen LogP contribution in [0.1, 0.15) is 26.0 Å². The minimum absolute atomic E-state index is 0.00677. The van der Waals surface area contributed by atoms with Crippen LogP contribution in [0.4, 0.5) is 5.69 Å². The first kappa shape index (κ1) is 14.4. The number of aromatic nitrogens is 1. The van der Waals surface area contributed by atoms with Crippen LogP contribution < -0.4 is 10.6 Å². The highest BCUT2D eigenvalue weighted by molar-refractivity contribution is 5.93. The summed E-state index contributed by atoms with van der Waals surface area (Å²) >= 11 is 0. The summed E-state index contributed by atoms with van der Waals surface area (Å²) in [5.41, 5.74) is 7.01. The molecule has 3 N–H and O–H groups in total. The summed E-state index contributed by atoms with van der Waals surface area (Å²) in [6, 6.07) is 4.20. The van der Waals surface area contributed by atoms with Gasteiger partial charge in [-0.3, -0.25) is 10.4 Å². The number of amidine groups is 1. The molecule has 0 aliphatic carbocycles. The lowest BCUT2D eigenvalue weighted by atomic mass is 10.2. The van der Waals surface area contributed by atoms with E-state index in [1.165, 1.54) is 0 Å². The summed E-state index contributed by atoms with van der Waals surface area (Å²) in [7, 11) is 1.70. The first-order valence-electron chi connectivity index (χ1n) is 6.16. The van der Waals surface area contributed by atoms with Gasteiger partial charge in [0.25, 0.3) is 0 Å². The Morgan fingerprint density at radius 1 is 1.61 bits per heavy atom. The maximum absolute atomic E-state index is 7.44. The lowest BCUT2D eigenvalue weighted by Gasteiger charge is -2.30. The van der Waals surface area contributed by atoms with Crippen LogP contribution >= 0.6 is 0 Å². The molecule has 1 heterocycles. The van der Waals surface area contributed by atoms with Gasteiger partial charge in [-0.25, -0.2) is 0 Å². The lowest BCUT2D eigenvalue weighted by Crippen LogP contribution is -2.35. The summed E-state index contributed by atoms with van der Waals surface area (Å²) in [5.74, 6) is -0.00677. The van der Waals surface area contributed by atoms with Crippen molar-refractivity contribution in [2.45, 2.75) is 26.3 Å². The van der Waals surface area contributed by atoms with E-state index in [9.17, 15) is 0 Å². The zero-order valence-corrected chi connectivity index (χ0v) is 11.3. The number of nitrogen functional groups attached to an aromatic ring is 1. The van der Waals surface area contributed by atoms with E-state index in [1.807, 2.05) is 12.1 Å². The van der Waals surface area contributed by atoms with Crippen molar-refractivity contribution in [1.29, 1.82) is 5.41 Å². The van der Waals surface area contributed by atoms with Gasteiger partial charge in [-0.15, -0.1) is 0 Å². The number of rotatable bonds is 7. The zero-order chi connectivity index (χ0) is 13.5. The molecule has 5 heteroatoms. The molecule has 1 atom stereocenters. The third-order valence-corrected chi connectivity index (χ3v) is 3.01. The molecular weight excluding hydrogens is 228 g/mol. The second-order valence-corrected chi connectivity index (χ2v) is 4.26. The summed E-state index contributed by atoms with van der Waals surface area (Å²) in [6.45, 7) is 5.80. The van der Waals surface area contributed by atoms with Crippen LogP contribution in [-0.4, -0.2) is 37.1 Å². The van der Waals surface area contributed by atoms with Crippen LogP contribution in [0.25, 0.3) is 0 Å². The predicted octanol–water partition coefficient (Wildman–Crippen LogP) is 1.62. The summed E-state index contributed by atoms with van der Waals surface area (Å²) in [4.78, 5) is 6.33. The number of hydrogen-bond acceptors (Lipinski definition) is 4. The van der Waals surface area contributed by atoms with Crippen LogP contribution in [0.3, 0.4) is 0 Å². The van der Waals surface area contributed by atoms with Crippen molar-refractivity contribution < 1.29 is 4.74 Å². The number of nitrogens with one attached hydrogen (secondary N) is 1. The van der Waals surface area contributed by atoms with Crippen molar-refractivity contribution in [2.24, 2.45) is 5.73 Å². The third kappa shape index (κ3) is 3.70. The van der Waals surface area contributed by atoms with Gasteiger partial charge in [0.05, 0.1) is 6.61 Å². The van der Waals surface area contributed by atoms with E-state index < -0.39 is 0 Å². The van der Waals surface area contributed by atoms with E-state index in [-0.39, 0.29) is 5.84 Å². The normalized spacial score (nSPS) is 12.2. The Balaban J connectivity index is 2.96. The highest BCUT2D eigenvalue weighted by Gasteiger charge is 2.13. The molecule has 1 rings (SSSR count). The molecule has 0 saturated heterocycles. The number of methoxy groups -OCH3 is 1. The molecule has 1 unspecified atom stereocenters. The molecule has 5 nitrogen and oxygen atoms in total. The molecule has 100 valence electrons. The van der Waals surface area contributed by atoms with E-state index in [1.54, 1.807) is 13.3 Å². The van der Waals surface area contributed by atoms with Crippen LogP contribution in [0, 0.1) is 5.41 Å².